The highest BCUT2D eigenvalue weighted by Gasteiger charge is 2.16. The van der Waals surface area contributed by atoms with Gasteiger partial charge in [-0.3, -0.25) is 10.4 Å². The fourth-order valence-electron chi connectivity index (χ4n) is 3.15. The molecule has 0 aromatic heterocycles. The molecule has 0 radical (unpaired) electrons. The summed E-state index contributed by atoms with van der Waals surface area (Å²) in [5.74, 6) is -0.992. The maximum Gasteiger partial charge on any atom is 0.337 e. The van der Waals surface area contributed by atoms with Crippen LogP contribution < -0.4 is 10.4 Å². The highest BCUT2D eigenvalue weighted by atomic mass is 16.4. The van der Waals surface area contributed by atoms with Gasteiger partial charge < -0.3 is 5.11 Å². The Balaban J connectivity index is 1.42. The van der Waals surface area contributed by atoms with Crippen LogP contribution in [0.5, 0.6) is 0 Å². The number of nitrogens with one attached hydrogen (secondary N) is 1. The summed E-state index contributed by atoms with van der Waals surface area (Å²) in [6, 6.07) is 24.8. The Kier molecular flexibility index (Phi) is 5.33. The molecule has 0 aliphatic carbocycles. The molecule has 1 aliphatic rings. The summed E-state index contributed by atoms with van der Waals surface area (Å²) in [6.45, 7) is 0.852. The lowest BCUT2D eigenvalue weighted by molar-refractivity contribution is 0.0698. The zero-order valence-corrected chi connectivity index (χ0v) is 15.7. The van der Waals surface area contributed by atoms with Crippen LogP contribution in [-0.4, -0.2) is 29.5 Å². The number of hydrazone groups is 2. The first kappa shape index (κ1) is 18.4. The van der Waals surface area contributed by atoms with Gasteiger partial charge in [-0.15, -0.1) is 0 Å². The van der Waals surface area contributed by atoms with E-state index in [-0.39, 0.29) is 5.56 Å². The third kappa shape index (κ3) is 4.32. The Bertz CT molecular complexity index is 1060. The van der Waals surface area contributed by atoms with Crippen molar-refractivity contribution in [2.24, 2.45) is 10.2 Å². The molecule has 0 unspecified atom stereocenters. The van der Waals surface area contributed by atoms with Crippen molar-refractivity contribution < 1.29 is 9.90 Å². The predicted molar refractivity (Wildman–Crippen MR) is 116 cm³/mol. The van der Waals surface area contributed by atoms with Crippen LogP contribution in [0.3, 0.4) is 0 Å². The van der Waals surface area contributed by atoms with Crippen LogP contribution in [0, 0.1) is 0 Å². The Morgan fingerprint density at radius 1 is 1.00 bits per heavy atom. The topological polar surface area (TPSA) is 77.3 Å². The SMILES string of the molecule is O=C(O)c1ccccc1NN=Cc1ccc(N2CCC(c3ccccc3)=N2)cc1. The molecule has 0 atom stereocenters. The first-order valence-electron chi connectivity index (χ1n) is 9.32. The standard InChI is InChI=1S/C23H20N4O2/c28-23(29)20-8-4-5-9-22(20)25-24-16-17-10-12-19(13-11-17)27-15-14-21(26-27)18-6-2-1-3-7-18/h1-13,16,25H,14-15H2,(H,28,29). The number of carboxylic acids is 1. The van der Waals surface area contributed by atoms with Gasteiger partial charge in [-0.05, 0) is 35.4 Å². The van der Waals surface area contributed by atoms with Crippen molar-refractivity contribution in [1.82, 2.24) is 0 Å². The molecular formula is C23H20N4O2. The van der Waals surface area contributed by atoms with E-state index in [1.54, 1.807) is 24.4 Å². The third-order valence-electron chi connectivity index (χ3n) is 4.66. The van der Waals surface area contributed by atoms with E-state index in [1.807, 2.05) is 47.5 Å². The maximum absolute atomic E-state index is 11.2. The predicted octanol–water partition coefficient (Wildman–Crippen LogP) is 4.45. The fraction of sp³-hybridized carbons (Fsp3) is 0.0870. The number of hydrogen-bond acceptors (Lipinski definition) is 5. The van der Waals surface area contributed by atoms with E-state index >= 15 is 0 Å². The lowest BCUT2D eigenvalue weighted by Crippen LogP contribution is -2.11. The summed E-state index contributed by atoms with van der Waals surface area (Å²) in [5, 5.41) is 20.1. The van der Waals surface area contributed by atoms with Gasteiger partial charge in [0.15, 0.2) is 0 Å². The minimum atomic E-state index is -0.992. The van der Waals surface area contributed by atoms with Crippen LogP contribution in [0.25, 0.3) is 0 Å². The monoisotopic (exact) mass is 384 g/mol. The molecule has 3 aromatic rings. The van der Waals surface area contributed by atoms with Gasteiger partial charge >= 0.3 is 5.97 Å². The van der Waals surface area contributed by atoms with E-state index in [9.17, 15) is 9.90 Å². The van der Waals surface area contributed by atoms with Crippen molar-refractivity contribution in [3.63, 3.8) is 0 Å². The molecule has 1 heterocycles. The molecule has 0 spiro atoms. The van der Waals surface area contributed by atoms with Gasteiger partial charge in [-0.25, -0.2) is 4.79 Å². The molecule has 144 valence electrons. The Morgan fingerprint density at radius 3 is 2.48 bits per heavy atom. The second-order valence-corrected chi connectivity index (χ2v) is 6.60. The Labute approximate surface area is 168 Å². The molecule has 0 saturated heterocycles. The van der Waals surface area contributed by atoms with Crippen LogP contribution in [0.1, 0.15) is 27.9 Å². The fourth-order valence-corrected chi connectivity index (χ4v) is 3.15. The van der Waals surface area contributed by atoms with Gasteiger partial charge in [0.1, 0.15) is 0 Å². The molecule has 0 fully saturated rings. The molecule has 1 aliphatic heterocycles. The average molecular weight is 384 g/mol. The number of carbonyl (C=O) groups is 1. The number of hydrogen-bond donors (Lipinski definition) is 2. The molecule has 6 nitrogen and oxygen atoms in total. The van der Waals surface area contributed by atoms with Crippen LogP contribution in [0.15, 0.2) is 89.1 Å². The Hall–Kier alpha value is -3.93. The van der Waals surface area contributed by atoms with E-state index in [0.29, 0.717) is 5.69 Å². The Morgan fingerprint density at radius 2 is 1.72 bits per heavy atom. The molecular weight excluding hydrogens is 364 g/mol. The molecule has 29 heavy (non-hydrogen) atoms. The van der Waals surface area contributed by atoms with Crippen LogP contribution in [-0.2, 0) is 0 Å². The first-order valence-corrected chi connectivity index (χ1v) is 9.32. The third-order valence-corrected chi connectivity index (χ3v) is 4.66. The summed E-state index contributed by atoms with van der Waals surface area (Å²) in [4.78, 5) is 11.2. The molecule has 4 rings (SSSR count). The van der Waals surface area contributed by atoms with Gasteiger partial charge in [0, 0.05) is 13.0 Å². The van der Waals surface area contributed by atoms with Crippen LogP contribution in [0.4, 0.5) is 11.4 Å². The lowest BCUT2D eigenvalue weighted by Gasteiger charge is -2.13. The second kappa shape index (κ2) is 8.39. The highest BCUT2D eigenvalue weighted by Crippen LogP contribution is 2.22. The number of benzene rings is 3. The van der Waals surface area contributed by atoms with Crippen LogP contribution in [0.2, 0.25) is 0 Å². The van der Waals surface area contributed by atoms with Gasteiger partial charge in [-0.2, -0.15) is 10.2 Å². The largest absolute Gasteiger partial charge is 0.478 e. The number of para-hydroxylation sites is 1. The molecule has 0 bridgehead atoms. The van der Waals surface area contributed by atoms with Crippen LogP contribution >= 0.6 is 0 Å². The van der Waals surface area contributed by atoms with E-state index in [0.717, 1.165) is 35.5 Å². The number of rotatable bonds is 6. The zero-order valence-electron chi connectivity index (χ0n) is 15.7. The summed E-state index contributed by atoms with van der Waals surface area (Å²) in [7, 11) is 0. The van der Waals surface area contributed by atoms with E-state index in [1.165, 1.54) is 6.07 Å². The number of anilines is 2. The quantitative estimate of drug-likeness (QED) is 0.486. The van der Waals surface area contributed by atoms with Gasteiger partial charge in [-0.1, -0.05) is 54.6 Å². The van der Waals surface area contributed by atoms with Crippen molar-refractivity contribution in [3.8, 4) is 0 Å². The normalized spacial score (nSPS) is 13.5. The average Bonchev–Trinajstić information content (AvgIpc) is 3.25. The summed E-state index contributed by atoms with van der Waals surface area (Å²) >= 11 is 0. The number of carboxylic acid groups (broad SMARTS) is 1. The summed E-state index contributed by atoms with van der Waals surface area (Å²) < 4.78 is 0. The molecule has 0 saturated carbocycles. The number of aromatic carboxylic acids is 1. The maximum atomic E-state index is 11.2. The molecule has 6 heteroatoms. The molecule has 2 N–H and O–H groups in total. The van der Waals surface area contributed by atoms with Gasteiger partial charge in [0.05, 0.1) is 28.9 Å². The number of nitrogens with zero attached hydrogens (tertiary/aromatic N) is 3. The summed E-state index contributed by atoms with van der Waals surface area (Å²) in [5.41, 5.74) is 7.61. The van der Waals surface area contributed by atoms with E-state index in [4.69, 9.17) is 5.10 Å². The van der Waals surface area contributed by atoms with Crippen molar-refractivity contribution in [2.75, 3.05) is 17.0 Å². The lowest BCUT2D eigenvalue weighted by atomic mass is 10.1. The van der Waals surface area contributed by atoms with E-state index in [2.05, 4.69) is 22.7 Å². The zero-order chi connectivity index (χ0) is 20.1. The van der Waals surface area contributed by atoms with Crippen molar-refractivity contribution in [3.05, 3.63) is 95.6 Å². The minimum absolute atomic E-state index is 0.182. The first-order chi connectivity index (χ1) is 14.2. The molecule has 0 amide bonds. The minimum Gasteiger partial charge on any atom is -0.478 e. The highest BCUT2D eigenvalue weighted by molar-refractivity contribution is 6.02. The summed E-state index contributed by atoms with van der Waals surface area (Å²) in [6.07, 6.45) is 2.57. The van der Waals surface area contributed by atoms with Gasteiger partial charge in [0.2, 0.25) is 0 Å². The van der Waals surface area contributed by atoms with E-state index < -0.39 is 5.97 Å². The second-order valence-electron chi connectivity index (χ2n) is 6.60. The van der Waals surface area contributed by atoms with Crippen molar-refractivity contribution in [2.45, 2.75) is 6.42 Å². The molecule has 3 aromatic carbocycles. The smallest absolute Gasteiger partial charge is 0.337 e. The van der Waals surface area contributed by atoms with Crippen molar-refractivity contribution >= 4 is 29.3 Å². The van der Waals surface area contributed by atoms with Gasteiger partial charge in [0.25, 0.3) is 0 Å². The van der Waals surface area contributed by atoms with Crippen molar-refractivity contribution in [1.29, 1.82) is 0 Å².